The fourth-order valence-electron chi connectivity index (χ4n) is 3.65. The number of aromatic nitrogens is 2. The average molecular weight is 393 g/mol. The molecule has 3 aromatic heterocycles. The number of anilines is 3. The van der Waals surface area contributed by atoms with Crippen LogP contribution in [0.25, 0.3) is 21.9 Å². The van der Waals surface area contributed by atoms with E-state index in [2.05, 4.69) is 38.2 Å². The molecule has 8 heteroatoms. The summed E-state index contributed by atoms with van der Waals surface area (Å²) in [6, 6.07) is 8.61. The maximum absolute atomic E-state index is 14.0. The van der Waals surface area contributed by atoms with E-state index in [1.807, 2.05) is 18.3 Å². The first-order valence-electron chi connectivity index (χ1n) is 9.48. The van der Waals surface area contributed by atoms with Crippen molar-refractivity contribution >= 4 is 39.3 Å². The van der Waals surface area contributed by atoms with E-state index in [4.69, 9.17) is 4.42 Å². The normalized spacial score (nSPS) is 15.3. The van der Waals surface area contributed by atoms with Crippen molar-refractivity contribution in [3.63, 3.8) is 0 Å². The minimum Gasteiger partial charge on any atom is -0.451 e. The van der Waals surface area contributed by atoms with Gasteiger partial charge >= 0.3 is 0 Å². The molecule has 0 unspecified atom stereocenters. The average Bonchev–Trinajstić information content (AvgIpc) is 3.11. The molecule has 0 atom stereocenters. The lowest BCUT2D eigenvalue weighted by molar-refractivity contribution is 0.313. The predicted octanol–water partition coefficient (Wildman–Crippen LogP) is 3.30. The molecule has 0 radical (unpaired) electrons. The van der Waals surface area contributed by atoms with Crippen molar-refractivity contribution < 1.29 is 8.81 Å². The van der Waals surface area contributed by atoms with Gasteiger partial charge in [0.15, 0.2) is 11.2 Å². The molecule has 0 bridgehead atoms. The molecule has 148 valence electrons. The number of halogens is 1. The van der Waals surface area contributed by atoms with E-state index in [0.29, 0.717) is 28.0 Å². The molecule has 0 spiro atoms. The first kappa shape index (κ1) is 17.7. The number of fused-ring (bicyclic) bond motifs is 3. The van der Waals surface area contributed by atoms with Crippen LogP contribution < -0.4 is 15.6 Å². The number of furan rings is 1. The summed E-state index contributed by atoms with van der Waals surface area (Å²) >= 11 is 0. The Labute approximate surface area is 165 Å². The zero-order valence-corrected chi connectivity index (χ0v) is 15.9. The van der Waals surface area contributed by atoms with E-state index < -0.39 is 11.2 Å². The minimum absolute atomic E-state index is 0.0206. The van der Waals surface area contributed by atoms with Gasteiger partial charge in [0, 0.05) is 43.1 Å². The number of piperazine rings is 1. The van der Waals surface area contributed by atoms with E-state index >= 15 is 0 Å². The highest BCUT2D eigenvalue weighted by Gasteiger charge is 2.15. The molecule has 0 saturated carbocycles. The summed E-state index contributed by atoms with van der Waals surface area (Å²) in [5, 5.41) is 4.50. The lowest BCUT2D eigenvalue weighted by Gasteiger charge is -2.33. The highest BCUT2D eigenvalue weighted by Crippen LogP contribution is 2.30. The topological polar surface area (TPSA) is 77.4 Å². The lowest BCUT2D eigenvalue weighted by atomic mass is 10.2. The summed E-state index contributed by atoms with van der Waals surface area (Å²) in [5.74, 6) is 0.514. The Morgan fingerprint density at radius 3 is 2.72 bits per heavy atom. The highest BCUT2D eigenvalue weighted by molar-refractivity contribution is 6.05. The van der Waals surface area contributed by atoms with Gasteiger partial charge in [0.2, 0.25) is 11.2 Å². The summed E-state index contributed by atoms with van der Waals surface area (Å²) in [7, 11) is 2.13. The SMILES string of the molecule is CN1CCN(c2ccc(Nc3cc4c(c[nH]3)oc3c(F)c(=O)ccc34)nc2)CC1. The molecule has 1 fully saturated rings. The highest BCUT2D eigenvalue weighted by atomic mass is 19.1. The van der Waals surface area contributed by atoms with Crippen molar-refractivity contribution in [2.75, 3.05) is 43.4 Å². The molecule has 2 N–H and O–H groups in total. The zero-order valence-electron chi connectivity index (χ0n) is 15.9. The molecule has 0 aliphatic carbocycles. The van der Waals surface area contributed by atoms with Crippen molar-refractivity contribution in [2.24, 2.45) is 0 Å². The third-order valence-electron chi connectivity index (χ3n) is 5.36. The number of hydrogen-bond donors (Lipinski definition) is 2. The maximum atomic E-state index is 14.0. The Morgan fingerprint density at radius 1 is 1.14 bits per heavy atom. The number of likely N-dealkylation sites (N-methyl/N-ethyl adjacent to an activating group) is 1. The Bertz CT molecular complexity index is 1240. The Kier molecular flexibility index (Phi) is 4.21. The molecule has 7 nitrogen and oxygen atoms in total. The van der Waals surface area contributed by atoms with Crippen LogP contribution in [-0.2, 0) is 0 Å². The standard InChI is InChI=1S/C21H20FN5O2/c1-26-6-8-27(9-7-26)13-2-5-18(23-11-13)25-19-10-15-14-3-4-16(28)20(22)21(14)29-17(15)12-24-19/h2-5,10-12,24H,6-9H2,1H3,(H,23,25). The van der Waals surface area contributed by atoms with Crippen LogP contribution in [0.1, 0.15) is 0 Å². The number of H-pyrrole nitrogens is 1. The monoisotopic (exact) mass is 393 g/mol. The second kappa shape index (κ2) is 6.89. The molecule has 1 aliphatic rings. The van der Waals surface area contributed by atoms with Crippen molar-refractivity contribution in [1.29, 1.82) is 0 Å². The van der Waals surface area contributed by atoms with Gasteiger partial charge in [-0.1, -0.05) is 0 Å². The molecule has 1 saturated heterocycles. The second-order valence-corrected chi connectivity index (χ2v) is 7.30. The Balaban J connectivity index is 1.40. The molecule has 0 amide bonds. The van der Waals surface area contributed by atoms with Crippen molar-refractivity contribution in [2.45, 2.75) is 0 Å². The summed E-state index contributed by atoms with van der Waals surface area (Å²) in [4.78, 5) is 23.7. The van der Waals surface area contributed by atoms with Crippen LogP contribution in [0.4, 0.5) is 21.7 Å². The molecule has 4 aromatic rings. The van der Waals surface area contributed by atoms with E-state index in [1.165, 1.54) is 6.07 Å². The smallest absolute Gasteiger partial charge is 0.218 e. The number of hydrogen-bond acceptors (Lipinski definition) is 6. The van der Waals surface area contributed by atoms with Gasteiger partial charge in [-0.3, -0.25) is 4.79 Å². The lowest BCUT2D eigenvalue weighted by Crippen LogP contribution is -2.44. The Morgan fingerprint density at radius 2 is 1.97 bits per heavy atom. The van der Waals surface area contributed by atoms with Gasteiger partial charge in [-0.25, -0.2) is 4.98 Å². The van der Waals surface area contributed by atoms with Crippen LogP contribution >= 0.6 is 0 Å². The number of aromatic amines is 1. The van der Waals surface area contributed by atoms with Crippen LogP contribution in [0, 0.1) is 5.82 Å². The molecule has 1 aromatic carbocycles. The van der Waals surface area contributed by atoms with E-state index in [9.17, 15) is 9.18 Å². The molecule has 4 heterocycles. The van der Waals surface area contributed by atoms with Gasteiger partial charge in [0.1, 0.15) is 11.6 Å². The van der Waals surface area contributed by atoms with Crippen LogP contribution in [0.2, 0.25) is 0 Å². The molecule has 29 heavy (non-hydrogen) atoms. The summed E-state index contributed by atoms with van der Waals surface area (Å²) < 4.78 is 19.5. The van der Waals surface area contributed by atoms with Crippen LogP contribution in [0.3, 0.4) is 0 Å². The van der Waals surface area contributed by atoms with Gasteiger partial charge in [0.25, 0.3) is 0 Å². The largest absolute Gasteiger partial charge is 0.451 e. The third kappa shape index (κ3) is 3.21. The minimum atomic E-state index is -0.866. The number of benzene rings is 1. The van der Waals surface area contributed by atoms with E-state index in [-0.39, 0.29) is 5.58 Å². The van der Waals surface area contributed by atoms with E-state index in [0.717, 1.165) is 31.9 Å². The molecular weight excluding hydrogens is 373 g/mol. The predicted molar refractivity (Wildman–Crippen MR) is 112 cm³/mol. The molecule has 5 rings (SSSR count). The second-order valence-electron chi connectivity index (χ2n) is 7.30. The van der Waals surface area contributed by atoms with E-state index in [1.54, 1.807) is 12.3 Å². The maximum Gasteiger partial charge on any atom is 0.218 e. The number of pyridine rings is 2. The van der Waals surface area contributed by atoms with Gasteiger partial charge in [-0.05, 0) is 37.4 Å². The first-order valence-corrected chi connectivity index (χ1v) is 9.48. The first-order chi connectivity index (χ1) is 14.1. The zero-order chi connectivity index (χ0) is 20.0. The van der Waals surface area contributed by atoms with Gasteiger partial charge in [0.05, 0.1) is 11.9 Å². The van der Waals surface area contributed by atoms with Crippen LogP contribution in [-0.4, -0.2) is 48.1 Å². The molecule has 1 aliphatic heterocycles. The van der Waals surface area contributed by atoms with Gasteiger partial charge < -0.3 is 24.5 Å². The van der Waals surface area contributed by atoms with Crippen molar-refractivity contribution in [3.8, 4) is 0 Å². The van der Waals surface area contributed by atoms with Gasteiger partial charge in [-0.15, -0.1) is 0 Å². The van der Waals surface area contributed by atoms with Crippen LogP contribution in [0.5, 0.6) is 0 Å². The number of nitrogens with one attached hydrogen (secondary N) is 2. The molecular formula is C21H20FN5O2. The third-order valence-corrected chi connectivity index (χ3v) is 5.36. The summed E-state index contributed by atoms with van der Waals surface area (Å²) in [6.07, 6.45) is 3.50. The summed E-state index contributed by atoms with van der Waals surface area (Å²) in [6.45, 7) is 4.07. The Hall–Kier alpha value is -3.39. The van der Waals surface area contributed by atoms with Crippen molar-refractivity contribution in [3.05, 3.63) is 58.8 Å². The number of nitrogens with zero attached hydrogens (tertiary/aromatic N) is 3. The summed E-state index contributed by atoms with van der Waals surface area (Å²) in [5.41, 5.74) is 0.887. The fraction of sp³-hybridized carbons (Fsp3) is 0.238. The van der Waals surface area contributed by atoms with Crippen LogP contribution in [0.15, 0.2) is 51.9 Å². The van der Waals surface area contributed by atoms with Gasteiger partial charge in [-0.2, -0.15) is 4.39 Å². The van der Waals surface area contributed by atoms with Crippen molar-refractivity contribution in [1.82, 2.24) is 14.9 Å². The fourth-order valence-corrected chi connectivity index (χ4v) is 3.65. The quantitative estimate of drug-likeness (QED) is 0.556. The number of rotatable bonds is 3.